The van der Waals surface area contributed by atoms with Gasteiger partial charge < -0.3 is 10.4 Å². The maximum atomic E-state index is 10.5. The van der Waals surface area contributed by atoms with Crippen molar-refractivity contribution in [3.05, 3.63) is 0 Å². The van der Waals surface area contributed by atoms with Gasteiger partial charge in [-0.2, -0.15) is 0 Å². The molecular weight excluding hydrogens is 154 g/mol. The monoisotopic (exact) mass is 163 g/mol. The summed E-state index contributed by atoms with van der Waals surface area (Å²) in [6, 6.07) is 0. The van der Waals surface area contributed by atoms with Crippen LogP contribution >= 0.6 is 12.6 Å². The number of rotatable bonds is 3. The highest BCUT2D eigenvalue weighted by atomic mass is 32.1. The number of thiol groups is 1. The first-order valence-corrected chi connectivity index (χ1v) is 3.29. The van der Waals surface area contributed by atoms with Gasteiger partial charge >= 0.3 is 5.97 Å². The highest BCUT2D eigenvalue weighted by molar-refractivity contribution is 7.81. The van der Waals surface area contributed by atoms with Crippen molar-refractivity contribution >= 4 is 24.5 Å². The molecule has 5 heteroatoms. The molecule has 1 amide bonds. The van der Waals surface area contributed by atoms with Gasteiger partial charge in [0, 0.05) is 6.42 Å². The molecule has 0 aliphatic rings. The molecular formula is C5H9NO3S. The molecule has 0 aromatic rings. The van der Waals surface area contributed by atoms with Crippen LogP contribution in [0.15, 0.2) is 0 Å². The van der Waals surface area contributed by atoms with E-state index in [2.05, 4.69) is 17.9 Å². The quantitative estimate of drug-likeness (QED) is 0.400. The van der Waals surface area contributed by atoms with Gasteiger partial charge in [-0.05, 0) is 0 Å². The molecule has 2 N–H and O–H groups in total. The van der Waals surface area contributed by atoms with Crippen LogP contribution in [0.25, 0.3) is 0 Å². The summed E-state index contributed by atoms with van der Waals surface area (Å²) in [6.45, 7) is 1.64. The number of aliphatic carboxylic acids is 1. The summed E-state index contributed by atoms with van der Waals surface area (Å²) < 4.78 is 0. The van der Waals surface area contributed by atoms with Crippen LogP contribution < -0.4 is 5.32 Å². The molecule has 0 aromatic carbocycles. The van der Waals surface area contributed by atoms with Gasteiger partial charge in [0.15, 0.2) is 5.37 Å². The zero-order valence-corrected chi connectivity index (χ0v) is 6.39. The minimum atomic E-state index is -1.15. The minimum absolute atomic E-state index is 0.268. The first-order chi connectivity index (χ1) is 4.57. The standard InChI is InChI=1S/C5H9NO3S/c1-2-3(7)6-4(10)5(8)9/h4,10H,2H2,1H3,(H,6,7)(H,8,9)/t4-/m0/s1. The van der Waals surface area contributed by atoms with E-state index >= 15 is 0 Å². The molecule has 0 heterocycles. The third kappa shape index (κ3) is 3.34. The Morgan fingerprint density at radius 1 is 1.70 bits per heavy atom. The number of nitrogens with one attached hydrogen (secondary N) is 1. The van der Waals surface area contributed by atoms with Crippen LogP contribution in [-0.4, -0.2) is 22.4 Å². The lowest BCUT2D eigenvalue weighted by molar-refractivity contribution is -0.139. The van der Waals surface area contributed by atoms with Gasteiger partial charge in [-0.15, -0.1) is 12.6 Å². The van der Waals surface area contributed by atoms with Gasteiger partial charge in [0.2, 0.25) is 5.91 Å². The van der Waals surface area contributed by atoms with E-state index in [-0.39, 0.29) is 12.3 Å². The van der Waals surface area contributed by atoms with Crippen molar-refractivity contribution in [3.8, 4) is 0 Å². The van der Waals surface area contributed by atoms with E-state index in [0.29, 0.717) is 0 Å². The third-order valence-corrected chi connectivity index (χ3v) is 1.20. The first kappa shape index (κ1) is 9.29. The Bertz CT molecular complexity index is 148. The Morgan fingerprint density at radius 3 is 2.50 bits per heavy atom. The highest BCUT2D eigenvalue weighted by Crippen LogP contribution is 1.89. The van der Waals surface area contributed by atoms with Crippen LogP contribution in [0.4, 0.5) is 0 Å². The van der Waals surface area contributed by atoms with Crippen molar-refractivity contribution in [2.24, 2.45) is 0 Å². The van der Waals surface area contributed by atoms with Gasteiger partial charge in [-0.25, -0.2) is 4.79 Å². The summed E-state index contributed by atoms with van der Waals surface area (Å²) >= 11 is 3.59. The zero-order chi connectivity index (χ0) is 8.15. The van der Waals surface area contributed by atoms with Crippen LogP contribution in [0, 0.1) is 0 Å². The zero-order valence-electron chi connectivity index (χ0n) is 5.50. The molecule has 58 valence electrons. The largest absolute Gasteiger partial charge is 0.479 e. The minimum Gasteiger partial charge on any atom is -0.479 e. The normalized spacial score (nSPS) is 12.2. The van der Waals surface area contributed by atoms with Crippen LogP contribution in [0.1, 0.15) is 13.3 Å². The van der Waals surface area contributed by atoms with Gasteiger partial charge in [0.1, 0.15) is 0 Å². The fraction of sp³-hybridized carbons (Fsp3) is 0.600. The van der Waals surface area contributed by atoms with E-state index in [1.807, 2.05) is 0 Å². The third-order valence-electron chi connectivity index (χ3n) is 0.853. The van der Waals surface area contributed by atoms with Gasteiger partial charge in [-0.3, -0.25) is 4.79 Å². The Morgan fingerprint density at radius 2 is 2.20 bits per heavy atom. The molecule has 0 aliphatic carbocycles. The smallest absolute Gasteiger partial charge is 0.336 e. The van der Waals surface area contributed by atoms with Crippen molar-refractivity contribution in [1.29, 1.82) is 0 Å². The molecule has 0 saturated heterocycles. The number of hydrogen-bond donors (Lipinski definition) is 3. The molecule has 0 rings (SSSR count). The molecule has 0 aromatic heterocycles. The fourth-order valence-electron chi connectivity index (χ4n) is 0.316. The molecule has 0 spiro atoms. The van der Waals surface area contributed by atoms with E-state index in [4.69, 9.17) is 5.11 Å². The topological polar surface area (TPSA) is 66.4 Å². The van der Waals surface area contributed by atoms with Crippen LogP contribution in [0.2, 0.25) is 0 Å². The van der Waals surface area contributed by atoms with E-state index in [9.17, 15) is 9.59 Å². The molecule has 4 nitrogen and oxygen atoms in total. The second-order valence-electron chi connectivity index (χ2n) is 1.66. The molecule has 10 heavy (non-hydrogen) atoms. The molecule has 0 radical (unpaired) electrons. The van der Waals surface area contributed by atoms with Crippen LogP contribution in [0.5, 0.6) is 0 Å². The summed E-state index contributed by atoms with van der Waals surface area (Å²) in [6.07, 6.45) is 0.268. The number of hydrogen-bond acceptors (Lipinski definition) is 3. The van der Waals surface area contributed by atoms with Crippen molar-refractivity contribution in [2.45, 2.75) is 18.7 Å². The highest BCUT2D eigenvalue weighted by Gasteiger charge is 2.12. The van der Waals surface area contributed by atoms with E-state index in [1.165, 1.54) is 0 Å². The fourth-order valence-corrected chi connectivity index (χ4v) is 0.460. The van der Waals surface area contributed by atoms with E-state index < -0.39 is 11.3 Å². The summed E-state index contributed by atoms with van der Waals surface area (Å²) in [5.41, 5.74) is 0. The van der Waals surface area contributed by atoms with Gasteiger partial charge in [0.05, 0.1) is 0 Å². The second kappa shape index (κ2) is 4.16. The average molecular weight is 163 g/mol. The number of carboxylic acids is 1. The number of carboxylic acid groups (broad SMARTS) is 1. The SMILES string of the molecule is CCC(=O)N[C@@H](S)C(=O)O. The summed E-state index contributed by atoms with van der Waals surface area (Å²) in [5, 5.41) is 9.30. The molecule has 0 saturated carbocycles. The van der Waals surface area contributed by atoms with E-state index in [0.717, 1.165) is 0 Å². The summed E-state index contributed by atoms with van der Waals surface area (Å²) in [5.74, 6) is -1.47. The maximum Gasteiger partial charge on any atom is 0.336 e. The lowest BCUT2D eigenvalue weighted by atomic mass is 10.4. The summed E-state index contributed by atoms with van der Waals surface area (Å²) in [4.78, 5) is 20.6. The molecule has 0 fully saturated rings. The van der Waals surface area contributed by atoms with E-state index in [1.54, 1.807) is 6.92 Å². The van der Waals surface area contributed by atoms with Crippen LogP contribution in [0.3, 0.4) is 0 Å². The Hall–Kier alpha value is -0.710. The lowest BCUT2D eigenvalue weighted by Crippen LogP contribution is -2.36. The number of carbonyl (C=O) groups excluding carboxylic acids is 1. The van der Waals surface area contributed by atoms with Crippen molar-refractivity contribution < 1.29 is 14.7 Å². The maximum absolute atomic E-state index is 10.5. The van der Waals surface area contributed by atoms with Gasteiger partial charge in [0.25, 0.3) is 0 Å². The summed E-state index contributed by atoms with van der Waals surface area (Å²) in [7, 11) is 0. The number of amides is 1. The van der Waals surface area contributed by atoms with Crippen molar-refractivity contribution in [2.75, 3.05) is 0 Å². The van der Waals surface area contributed by atoms with Crippen molar-refractivity contribution in [1.82, 2.24) is 5.32 Å². The predicted molar refractivity (Wildman–Crippen MR) is 38.8 cm³/mol. The second-order valence-corrected chi connectivity index (χ2v) is 2.18. The molecule has 0 aliphatic heterocycles. The van der Waals surface area contributed by atoms with Crippen LogP contribution in [-0.2, 0) is 9.59 Å². The average Bonchev–Trinajstić information content (AvgIpc) is 1.87. The van der Waals surface area contributed by atoms with Gasteiger partial charge in [-0.1, -0.05) is 6.92 Å². The number of carbonyl (C=O) groups is 2. The molecule has 0 unspecified atom stereocenters. The van der Waals surface area contributed by atoms with Crippen molar-refractivity contribution in [3.63, 3.8) is 0 Å². The Kier molecular flexibility index (Phi) is 3.87. The Balaban J connectivity index is 3.68. The first-order valence-electron chi connectivity index (χ1n) is 2.78. The molecule has 1 atom stereocenters. The predicted octanol–water partition coefficient (Wildman–Crippen LogP) is -0.147. The Labute approximate surface area is 64.0 Å². The lowest BCUT2D eigenvalue weighted by Gasteiger charge is -2.05. The molecule has 0 bridgehead atoms.